The van der Waals surface area contributed by atoms with Crippen LogP contribution in [0.25, 0.3) is 11.4 Å². The number of amides is 1. The molecule has 2 rings (SSSR count). The maximum Gasteiger partial charge on any atom is 0.227 e. The van der Waals surface area contributed by atoms with Crippen LogP contribution in [-0.2, 0) is 11.2 Å². The Kier molecular flexibility index (Phi) is 3.94. The molecule has 0 saturated heterocycles. The number of hydrogen-bond acceptors (Lipinski definition) is 4. The number of primary amides is 1. The molecular formula is C14H17N3O2. The Morgan fingerprint density at radius 1 is 1.32 bits per heavy atom. The largest absolute Gasteiger partial charge is 0.370 e. The molecule has 0 radical (unpaired) electrons. The molecule has 1 heterocycles. The number of rotatable bonds is 5. The van der Waals surface area contributed by atoms with E-state index in [1.165, 1.54) is 5.56 Å². The lowest BCUT2D eigenvalue weighted by molar-refractivity contribution is -0.118. The van der Waals surface area contributed by atoms with Crippen molar-refractivity contribution in [2.24, 2.45) is 5.73 Å². The molecule has 0 aliphatic heterocycles. The fourth-order valence-electron chi connectivity index (χ4n) is 1.72. The monoisotopic (exact) mass is 259 g/mol. The predicted molar refractivity (Wildman–Crippen MR) is 71.3 cm³/mol. The van der Waals surface area contributed by atoms with E-state index in [2.05, 4.69) is 36.1 Å². The van der Waals surface area contributed by atoms with Gasteiger partial charge in [0.1, 0.15) is 0 Å². The Bertz CT molecular complexity index is 558. The van der Waals surface area contributed by atoms with E-state index in [4.69, 9.17) is 10.3 Å². The summed E-state index contributed by atoms with van der Waals surface area (Å²) in [4.78, 5) is 14.9. The topological polar surface area (TPSA) is 82.0 Å². The van der Waals surface area contributed by atoms with Crippen LogP contribution in [0.2, 0.25) is 0 Å². The minimum atomic E-state index is -0.374. The third-order valence-electron chi connectivity index (χ3n) is 2.89. The Balaban J connectivity index is 2.11. The highest BCUT2D eigenvalue weighted by Gasteiger charge is 2.09. The first-order valence-corrected chi connectivity index (χ1v) is 6.27. The number of carbonyl (C=O) groups excluding carboxylic acids is 1. The van der Waals surface area contributed by atoms with E-state index in [1.807, 2.05) is 12.1 Å². The summed E-state index contributed by atoms with van der Waals surface area (Å²) in [5.74, 6) is 1.09. The minimum absolute atomic E-state index is 0.216. The van der Waals surface area contributed by atoms with Gasteiger partial charge in [-0.25, -0.2) is 0 Å². The lowest BCUT2D eigenvalue weighted by Crippen LogP contribution is -2.11. The normalized spacial score (nSPS) is 10.9. The molecule has 100 valence electrons. The van der Waals surface area contributed by atoms with Gasteiger partial charge in [-0.3, -0.25) is 4.79 Å². The molecule has 0 saturated carbocycles. The molecule has 0 bridgehead atoms. The summed E-state index contributed by atoms with van der Waals surface area (Å²) in [6.45, 7) is 4.29. The summed E-state index contributed by atoms with van der Waals surface area (Å²) >= 11 is 0. The Morgan fingerprint density at radius 3 is 2.58 bits per heavy atom. The number of benzene rings is 1. The van der Waals surface area contributed by atoms with E-state index in [0.29, 0.717) is 24.1 Å². The molecule has 0 spiro atoms. The van der Waals surface area contributed by atoms with Gasteiger partial charge in [0.25, 0.3) is 0 Å². The SMILES string of the molecule is CC(C)c1ccc(-c2noc(CCC(N)=O)n2)cc1. The first-order chi connectivity index (χ1) is 9.06. The lowest BCUT2D eigenvalue weighted by atomic mass is 10.0. The average Bonchev–Trinajstić information content (AvgIpc) is 2.85. The number of nitrogens with zero attached hydrogens (tertiary/aromatic N) is 2. The summed E-state index contributed by atoms with van der Waals surface area (Å²) in [5.41, 5.74) is 7.24. The molecule has 0 unspecified atom stereocenters. The van der Waals surface area contributed by atoms with E-state index in [0.717, 1.165) is 5.56 Å². The quantitative estimate of drug-likeness (QED) is 0.893. The van der Waals surface area contributed by atoms with Gasteiger partial charge < -0.3 is 10.3 Å². The number of aryl methyl sites for hydroxylation is 1. The van der Waals surface area contributed by atoms with Gasteiger partial charge in [0, 0.05) is 18.4 Å². The molecule has 0 fully saturated rings. The molecule has 0 aliphatic rings. The standard InChI is InChI=1S/C14H17N3O2/c1-9(2)10-3-5-11(6-4-10)14-16-13(19-17-14)8-7-12(15)18/h3-6,9H,7-8H2,1-2H3,(H2,15,18). The van der Waals surface area contributed by atoms with Gasteiger partial charge in [0.2, 0.25) is 17.6 Å². The van der Waals surface area contributed by atoms with Crippen LogP contribution in [0.3, 0.4) is 0 Å². The average molecular weight is 259 g/mol. The van der Waals surface area contributed by atoms with Gasteiger partial charge in [0.05, 0.1) is 0 Å². The number of hydrogen-bond donors (Lipinski definition) is 1. The first-order valence-electron chi connectivity index (χ1n) is 6.27. The lowest BCUT2D eigenvalue weighted by Gasteiger charge is -2.04. The molecule has 19 heavy (non-hydrogen) atoms. The van der Waals surface area contributed by atoms with Crippen molar-refractivity contribution in [1.82, 2.24) is 10.1 Å². The van der Waals surface area contributed by atoms with Crippen molar-refractivity contribution in [1.29, 1.82) is 0 Å². The summed E-state index contributed by atoms with van der Waals surface area (Å²) in [6, 6.07) is 8.05. The molecule has 0 atom stereocenters. The van der Waals surface area contributed by atoms with Crippen LogP contribution in [-0.4, -0.2) is 16.0 Å². The Morgan fingerprint density at radius 2 is 2.00 bits per heavy atom. The number of carbonyl (C=O) groups is 1. The zero-order valence-corrected chi connectivity index (χ0v) is 11.1. The molecule has 1 aromatic carbocycles. The maximum atomic E-state index is 10.7. The van der Waals surface area contributed by atoms with Crippen molar-refractivity contribution >= 4 is 5.91 Å². The predicted octanol–water partition coefficient (Wildman–Crippen LogP) is 2.28. The van der Waals surface area contributed by atoms with Gasteiger partial charge in [-0.15, -0.1) is 0 Å². The third-order valence-corrected chi connectivity index (χ3v) is 2.89. The van der Waals surface area contributed by atoms with Crippen LogP contribution < -0.4 is 5.73 Å². The van der Waals surface area contributed by atoms with Crippen LogP contribution in [0.5, 0.6) is 0 Å². The second-order valence-electron chi connectivity index (χ2n) is 4.75. The van der Waals surface area contributed by atoms with Gasteiger partial charge >= 0.3 is 0 Å². The van der Waals surface area contributed by atoms with E-state index >= 15 is 0 Å². The number of aromatic nitrogens is 2. The van der Waals surface area contributed by atoms with Crippen molar-refractivity contribution < 1.29 is 9.32 Å². The highest BCUT2D eigenvalue weighted by atomic mass is 16.5. The summed E-state index contributed by atoms with van der Waals surface area (Å²) in [7, 11) is 0. The zero-order chi connectivity index (χ0) is 13.8. The van der Waals surface area contributed by atoms with Crippen molar-refractivity contribution in [3.63, 3.8) is 0 Å². The van der Waals surface area contributed by atoms with Crippen molar-refractivity contribution in [2.75, 3.05) is 0 Å². The van der Waals surface area contributed by atoms with Crippen LogP contribution in [0.1, 0.15) is 37.6 Å². The summed E-state index contributed by atoms with van der Waals surface area (Å²) in [6.07, 6.45) is 0.598. The molecule has 5 nitrogen and oxygen atoms in total. The third kappa shape index (κ3) is 3.40. The van der Waals surface area contributed by atoms with E-state index < -0.39 is 0 Å². The van der Waals surface area contributed by atoms with Gasteiger partial charge in [-0.05, 0) is 11.5 Å². The Hall–Kier alpha value is -2.17. The molecular weight excluding hydrogens is 242 g/mol. The molecule has 1 aromatic heterocycles. The smallest absolute Gasteiger partial charge is 0.227 e. The molecule has 2 N–H and O–H groups in total. The summed E-state index contributed by atoms with van der Waals surface area (Å²) < 4.78 is 5.08. The van der Waals surface area contributed by atoms with Crippen LogP contribution in [0, 0.1) is 0 Å². The van der Waals surface area contributed by atoms with E-state index in [1.54, 1.807) is 0 Å². The van der Waals surface area contributed by atoms with Crippen LogP contribution in [0.15, 0.2) is 28.8 Å². The van der Waals surface area contributed by atoms with Crippen molar-refractivity contribution in [2.45, 2.75) is 32.6 Å². The van der Waals surface area contributed by atoms with Gasteiger partial charge in [-0.2, -0.15) is 4.98 Å². The molecule has 2 aromatic rings. The number of nitrogens with two attached hydrogens (primary N) is 1. The van der Waals surface area contributed by atoms with Crippen molar-refractivity contribution in [3.8, 4) is 11.4 Å². The van der Waals surface area contributed by atoms with E-state index in [-0.39, 0.29) is 12.3 Å². The fraction of sp³-hybridized carbons (Fsp3) is 0.357. The summed E-state index contributed by atoms with van der Waals surface area (Å²) in [5, 5.41) is 3.90. The first kappa shape index (κ1) is 13.3. The highest BCUT2D eigenvalue weighted by Crippen LogP contribution is 2.20. The Labute approximate surface area is 111 Å². The highest BCUT2D eigenvalue weighted by molar-refractivity contribution is 5.73. The second kappa shape index (κ2) is 5.65. The molecule has 0 aliphatic carbocycles. The van der Waals surface area contributed by atoms with Crippen LogP contribution in [0.4, 0.5) is 0 Å². The molecule has 5 heteroatoms. The van der Waals surface area contributed by atoms with Gasteiger partial charge in [0.15, 0.2) is 0 Å². The zero-order valence-electron chi connectivity index (χ0n) is 11.1. The van der Waals surface area contributed by atoms with Crippen molar-refractivity contribution in [3.05, 3.63) is 35.7 Å². The van der Waals surface area contributed by atoms with E-state index in [9.17, 15) is 4.79 Å². The second-order valence-corrected chi connectivity index (χ2v) is 4.75. The molecule has 1 amide bonds. The van der Waals surface area contributed by atoms with Crippen LogP contribution >= 0.6 is 0 Å². The fourth-order valence-corrected chi connectivity index (χ4v) is 1.72. The minimum Gasteiger partial charge on any atom is -0.370 e. The maximum absolute atomic E-state index is 10.7. The van der Waals surface area contributed by atoms with Gasteiger partial charge in [-0.1, -0.05) is 43.3 Å².